The first kappa shape index (κ1) is 16.0. The van der Waals surface area contributed by atoms with Gasteiger partial charge in [0.1, 0.15) is 18.0 Å². The Kier molecular flexibility index (Phi) is 4.09. The fourth-order valence-corrected chi connectivity index (χ4v) is 3.53. The number of piperazine rings is 1. The molecule has 1 saturated heterocycles. The molecule has 0 spiro atoms. The van der Waals surface area contributed by atoms with Crippen molar-refractivity contribution in [1.82, 2.24) is 24.7 Å². The van der Waals surface area contributed by atoms with E-state index in [1.807, 2.05) is 18.2 Å². The number of aromatic nitrogens is 4. The fourth-order valence-electron chi connectivity index (χ4n) is 3.53. The summed E-state index contributed by atoms with van der Waals surface area (Å²) in [7, 11) is 0. The Morgan fingerprint density at radius 2 is 2.08 bits per heavy atom. The van der Waals surface area contributed by atoms with Gasteiger partial charge in [-0.1, -0.05) is 12.1 Å². The highest BCUT2D eigenvalue weighted by Gasteiger charge is 2.28. The molecule has 3 heterocycles. The van der Waals surface area contributed by atoms with Crippen molar-refractivity contribution in [2.75, 3.05) is 24.5 Å². The molecule has 0 amide bonds. The van der Waals surface area contributed by atoms with Crippen LogP contribution in [0, 0.1) is 5.82 Å². The van der Waals surface area contributed by atoms with Crippen LogP contribution in [-0.4, -0.2) is 50.4 Å². The van der Waals surface area contributed by atoms with Gasteiger partial charge in [-0.25, -0.2) is 4.39 Å². The van der Waals surface area contributed by atoms with E-state index in [-0.39, 0.29) is 11.9 Å². The van der Waals surface area contributed by atoms with Crippen LogP contribution in [0.25, 0.3) is 5.65 Å². The maximum atomic E-state index is 13.5. The molecule has 4 rings (SSSR count). The van der Waals surface area contributed by atoms with Crippen LogP contribution in [0.2, 0.25) is 0 Å². The Bertz CT molecular complexity index is 879. The lowest BCUT2D eigenvalue weighted by atomic mass is 10.0. The van der Waals surface area contributed by atoms with Gasteiger partial charge in [0, 0.05) is 31.7 Å². The lowest BCUT2D eigenvalue weighted by Gasteiger charge is -2.43. The van der Waals surface area contributed by atoms with Gasteiger partial charge in [0.15, 0.2) is 5.65 Å². The van der Waals surface area contributed by atoms with Crippen molar-refractivity contribution in [1.29, 1.82) is 0 Å². The van der Waals surface area contributed by atoms with E-state index in [4.69, 9.17) is 0 Å². The molecular formula is C18H21FN6. The van der Waals surface area contributed by atoms with Crippen molar-refractivity contribution in [3.05, 3.63) is 54.1 Å². The molecule has 0 bridgehead atoms. The third-order valence-electron chi connectivity index (χ3n) is 4.98. The minimum Gasteiger partial charge on any atom is -0.350 e. The summed E-state index contributed by atoms with van der Waals surface area (Å²) in [4.78, 5) is 4.70. The highest BCUT2D eigenvalue weighted by atomic mass is 19.1. The molecule has 6 nitrogen and oxygen atoms in total. The molecule has 25 heavy (non-hydrogen) atoms. The molecule has 0 saturated carbocycles. The Balaban J connectivity index is 1.49. The molecule has 1 aliphatic rings. The van der Waals surface area contributed by atoms with Crippen molar-refractivity contribution in [3.63, 3.8) is 0 Å². The summed E-state index contributed by atoms with van der Waals surface area (Å²) in [5.74, 6) is 0.750. The molecule has 1 aliphatic heterocycles. The van der Waals surface area contributed by atoms with Gasteiger partial charge in [-0.3, -0.25) is 4.90 Å². The number of benzene rings is 1. The summed E-state index contributed by atoms with van der Waals surface area (Å²) in [5.41, 5.74) is 1.76. The second-order valence-corrected chi connectivity index (χ2v) is 6.59. The molecule has 1 fully saturated rings. The summed E-state index contributed by atoms with van der Waals surface area (Å²) < 4.78 is 15.2. The highest BCUT2D eigenvalue weighted by Crippen LogP contribution is 2.26. The average molecular weight is 340 g/mol. The van der Waals surface area contributed by atoms with Crippen LogP contribution in [0.3, 0.4) is 0 Å². The molecule has 0 unspecified atom stereocenters. The quantitative estimate of drug-likeness (QED) is 0.733. The maximum absolute atomic E-state index is 13.5. The predicted octanol–water partition coefficient (Wildman–Crippen LogP) is 2.54. The van der Waals surface area contributed by atoms with Gasteiger partial charge in [-0.2, -0.15) is 4.52 Å². The van der Waals surface area contributed by atoms with Crippen molar-refractivity contribution < 1.29 is 4.39 Å². The Hall–Kier alpha value is -2.54. The minimum atomic E-state index is -0.178. The zero-order chi connectivity index (χ0) is 17.4. The normalized spacial score (nSPS) is 20.1. The van der Waals surface area contributed by atoms with Crippen molar-refractivity contribution in [3.8, 4) is 0 Å². The van der Waals surface area contributed by atoms with E-state index in [9.17, 15) is 4.39 Å². The van der Waals surface area contributed by atoms with Gasteiger partial charge < -0.3 is 4.90 Å². The molecule has 0 radical (unpaired) electrons. The molecule has 0 N–H and O–H groups in total. The van der Waals surface area contributed by atoms with Crippen LogP contribution in [0.1, 0.15) is 25.5 Å². The lowest BCUT2D eigenvalue weighted by molar-refractivity contribution is 0.175. The van der Waals surface area contributed by atoms with Crippen molar-refractivity contribution >= 4 is 11.5 Å². The zero-order valence-electron chi connectivity index (χ0n) is 14.4. The van der Waals surface area contributed by atoms with Gasteiger partial charge >= 0.3 is 0 Å². The fraction of sp³-hybridized carbons (Fsp3) is 0.389. The van der Waals surface area contributed by atoms with Crippen LogP contribution in [0.15, 0.2) is 42.7 Å². The number of hydrogen-bond acceptors (Lipinski definition) is 5. The van der Waals surface area contributed by atoms with Crippen LogP contribution in [0.5, 0.6) is 0 Å². The maximum Gasteiger partial charge on any atom is 0.177 e. The van der Waals surface area contributed by atoms with Crippen LogP contribution in [-0.2, 0) is 0 Å². The van der Waals surface area contributed by atoms with Crippen LogP contribution in [0.4, 0.5) is 10.2 Å². The van der Waals surface area contributed by atoms with Crippen LogP contribution < -0.4 is 4.90 Å². The van der Waals surface area contributed by atoms with Crippen molar-refractivity contribution in [2.24, 2.45) is 0 Å². The van der Waals surface area contributed by atoms with E-state index in [1.54, 1.807) is 23.0 Å². The summed E-state index contributed by atoms with van der Waals surface area (Å²) in [6.07, 6.45) is 1.62. The highest BCUT2D eigenvalue weighted by molar-refractivity contribution is 5.46. The molecule has 1 aromatic carbocycles. The van der Waals surface area contributed by atoms with Gasteiger partial charge in [0.25, 0.3) is 0 Å². The van der Waals surface area contributed by atoms with E-state index in [1.165, 1.54) is 6.07 Å². The Morgan fingerprint density at radius 1 is 1.20 bits per heavy atom. The average Bonchev–Trinajstić information content (AvgIpc) is 3.08. The zero-order valence-corrected chi connectivity index (χ0v) is 14.4. The topological polar surface area (TPSA) is 49.6 Å². The van der Waals surface area contributed by atoms with E-state index in [0.717, 1.165) is 36.7 Å². The number of hydrogen-bond donors (Lipinski definition) is 0. The number of halogens is 1. The lowest BCUT2D eigenvalue weighted by Crippen LogP contribution is -2.52. The first-order valence-electron chi connectivity index (χ1n) is 8.55. The van der Waals surface area contributed by atoms with E-state index >= 15 is 0 Å². The monoisotopic (exact) mass is 340 g/mol. The predicted molar refractivity (Wildman–Crippen MR) is 94.0 cm³/mol. The summed E-state index contributed by atoms with van der Waals surface area (Å²) in [5, 5.41) is 12.5. The molecule has 2 atom stereocenters. The summed E-state index contributed by atoms with van der Waals surface area (Å²) in [6, 6.07) is 11.3. The number of nitrogens with zero attached hydrogens (tertiary/aromatic N) is 6. The molecule has 0 aliphatic carbocycles. The van der Waals surface area contributed by atoms with Gasteiger partial charge in [0.2, 0.25) is 0 Å². The second-order valence-electron chi connectivity index (χ2n) is 6.59. The molecular weight excluding hydrogens is 319 g/mol. The SMILES string of the molecule is C[C@@H](c1cccc(F)c1)N1CCN(c2ccc3nncn3n2)[C@@H](C)C1. The van der Waals surface area contributed by atoms with E-state index in [2.05, 4.69) is 38.9 Å². The van der Waals surface area contributed by atoms with E-state index < -0.39 is 0 Å². The summed E-state index contributed by atoms with van der Waals surface area (Å²) >= 11 is 0. The molecule has 130 valence electrons. The third-order valence-corrected chi connectivity index (χ3v) is 4.98. The first-order valence-corrected chi connectivity index (χ1v) is 8.55. The number of anilines is 1. The van der Waals surface area contributed by atoms with Crippen LogP contribution >= 0.6 is 0 Å². The first-order chi connectivity index (χ1) is 12.1. The van der Waals surface area contributed by atoms with Gasteiger partial charge in [0.05, 0.1) is 0 Å². The Labute approximate surface area is 145 Å². The standard InChI is InChI=1S/C18H21FN6/c1-13-11-23(14(2)15-4-3-5-16(19)10-15)8-9-24(13)18-7-6-17-21-20-12-25(17)22-18/h3-7,10,12-14H,8-9,11H2,1-2H3/t13-,14-/m0/s1. The Morgan fingerprint density at radius 3 is 2.88 bits per heavy atom. The minimum absolute atomic E-state index is 0.178. The molecule has 7 heteroatoms. The molecule has 2 aromatic heterocycles. The van der Waals surface area contributed by atoms with Gasteiger partial charge in [-0.05, 0) is 43.7 Å². The number of rotatable bonds is 3. The third kappa shape index (κ3) is 3.07. The van der Waals surface area contributed by atoms with E-state index in [0.29, 0.717) is 6.04 Å². The second kappa shape index (κ2) is 6.40. The smallest absolute Gasteiger partial charge is 0.177 e. The number of fused-ring (bicyclic) bond motifs is 1. The summed E-state index contributed by atoms with van der Waals surface area (Å²) in [6.45, 7) is 7.02. The molecule has 3 aromatic rings. The van der Waals surface area contributed by atoms with Gasteiger partial charge in [-0.15, -0.1) is 15.3 Å². The van der Waals surface area contributed by atoms with Crippen molar-refractivity contribution in [2.45, 2.75) is 25.9 Å². The largest absolute Gasteiger partial charge is 0.350 e.